The number of nitrogens with zero attached hydrogens (tertiary/aromatic N) is 2. The fourth-order valence-electron chi connectivity index (χ4n) is 4.17. The number of piperidine rings is 2. The minimum Gasteiger partial charge on any atom is -0.444 e. The minimum absolute atomic E-state index is 0.0307. The van der Waals surface area contributed by atoms with E-state index < -0.39 is 5.60 Å². The number of hydrogen-bond donors (Lipinski definition) is 0. The predicted molar refractivity (Wildman–Crippen MR) is 95.5 cm³/mol. The Morgan fingerprint density at radius 1 is 1.20 bits per heavy atom. The first-order valence-electron chi connectivity index (χ1n) is 9.23. The summed E-state index contributed by atoms with van der Waals surface area (Å²) in [6, 6.07) is 3.89. The van der Waals surface area contributed by atoms with Crippen LogP contribution in [0.3, 0.4) is 0 Å². The monoisotopic (exact) mass is 344 g/mol. The second kappa shape index (κ2) is 6.77. The fourth-order valence-corrected chi connectivity index (χ4v) is 4.17. The second-order valence-corrected chi connectivity index (χ2v) is 8.30. The molecule has 2 atom stereocenters. The summed E-state index contributed by atoms with van der Waals surface area (Å²) >= 11 is 0. The van der Waals surface area contributed by atoms with E-state index in [1.807, 2.05) is 44.7 Å². The number of aryl methyl sites for hydroxylation is 1. The van der Waals surface area contributed by atoms with Crippen molar-refractivity contribution in [3.8, 4) is 0 Å². The smallest absolute Gasteiger partial charge is 0.410 e. The first-order valence-corrected chi connectivity index (χ1v) is 9.23. The van der Waals surface area contributed by atoms with Gasteiger partial charge in [-0.2, -0.15) is 0 Å². The van der Waals surface area contributed by atoms with Crippen LogP contribution in [0.4, 0.5) is 4.79 Å². The molecule has 25 heavy (non-hydrogen) atoms. The molecule has 0 N–H and O–H groups in total. The number of amides is 1. The Morgan fingerprint density at radius 3 is 2.40 bits per heavy atom. The van der Waals surface area contributed by atoms with Crippen molar-refractivity contribution in [3.05, 3.63) is 29.6 Å². The third-order valence-corrected chi connectivity index (χ3v) is 5.22. The Bertz CT molecular complexity index is 651. The van der Waals surface area contributed by atoms with Crippen LogP contribution < -0.4 is 0 Å². The average molecular weight is 344 g/mol. The van der Waals surface area contributed by atoms with Crippen molar-refractivity contribution in [2.24, 2.45) is 5.92 Å². The van der Waals surface area contributed by atoms with Crippen molar-refractivity contribution in [1.29, 1.82) is 0 Å². The molecule has 136 valence electrons. The zero-order valence-corrected chi connectivity index (χ0v) is 15.6. The van der Waals surface area contributed by atoms with Gasteiger partial charge in [0.1, 0.15) is 5.60 Å². The van der Waals surface area contributed by atoms with Crippen molar-refractivity contribution in [2.45, 2.75) is 77.5 Å². The molecule has 2 aliphatic rings. The van der Waals surface area contributed by atoms with E-state index in [-0.39, 0.29) is 29.9 Å². The third-order valence-electron chi connectivity index (χ3n) is 5.22. The first kappa shape index (κ1) is 17.9. The summed E-state index contributed by atoms with van der Waals surface area (Å²) < 4.78 is 5.61. The van der Waals surface area contributed by atoms with Gasteiger partial charge in [0.2, 0.25) is 0 Å². The molecular formula is C20H28N2O3. The maximum absolute atomic E-state index is 13.0. The van der Waals surface area contributed by atoms with Crippen LogP contribution in [0.25, 0.3) is 0 Å². The van der Waals surface area contributed by atoms with Crippen molar-refractivity contribution >= 4 is 11.9 Å². The molecule has 1 aromatic rings. The highest BCUT2D eigenvalue weighted by Gasteiger charge is 2.44. The van der Waals surface area contributed by atoms with Gasteiger partial charge in [-0.05, 0) is 71.9 Å². The zero-order valence-electron chi connectivity index (χ0n) is 15.6. The van der Waals surface area contributed by atoms with Gasteiger partial charge in [-0.3, -0.25) is 9.78 Å². The van der Waals surface area contributed by atoms with Crippen LogP contribution in [0.2, 0.25) is 0 Å². The van der Waals surface area contributed by atoms with Crippen LogP contribution in [0.15, 0.2) is 18.3 Å². The highest BCUT2D eigenvalue weighted by molar-refractivity contribution is 5.99. The summed E-state index contributed by atoms with van der Waals surface area (Å²) in [5, 5.41) is 0. The van der Waals surface area contributed by atoms with E-state index in [9.17, 15) is 9.59 Å². The number of Topliss-reactive ketones (excluding diaryl/α,β-unsaturated/α-hetero) is 1. The minimum atomic E-state index is -0.495. The summed E-state index contributed by atoms with van der Waals surface area (Å²) in [7, 11) is 0. The van der Waals surface area contributed by atoms with Crippen molar-refractivity contribution in [3.63, 3.8) is 0 Å². The molecule has 2 fully saturated rings. The summed E-state index contributed by atoms with van der Waals surface area (Å²) in [5.41, 5.74) is 1.01. The van der Waals surface area contributed by atoms with Gasteiger partial charge < -0.3 is 9.64 Å². The second-order valence-electron chi connectivity index (χ2n) is 8.30. The Labute approximate surface area is 149 Å². The summed E-state index contributed by atoms with van der Waals surface area (Å²) in [4.78, 5) is 31.8. The van der Waals surface area contributed by atoms with Crippen LogP contribution in [0.5, 0.6) is 0 Å². The molecule has 2 unspecified atom stereocenters. The predicted octanol–water partition coefficient (Wildman–Crippen LogP) is 4.14. The van der Waals surface area contributed by atoms with Gasteiger partial charge in [0.25, 0.3) is 0 Å². The fraction of sp³-hybridized carbons (Fsp3) is 0.650. The lowest BCUT2D eigenvalue weighted by molar-refractivity contribution is -0.0260. The number of carbonyl (C=O) groups excluding carboxylic acids is 2. The average Bonchev–Trinajstić information content (AvgIpc) is 2.51. The van der Waals surface area contributed by atoms with E-state index in [2.05, 4.69) is 4.98 Å². The molecule has 0 aliphatic carbocycles. The first-order chi connectivity index (χ1) is 11.8. The van der Waals surface area contributed by atoms with Crippen molar-refractivity contribution in [1.82, 2.24) is 9.88 Å². The summed E-state index contributed by atoms with van der Waals surface area (Å²) in [6.45, 7) is 7.55. The van der Waals surface area contributed by atoms with Crippen molar-refractivity contribution < 1.29 is 14.3 Å². The maximum Gasteiger partial charge on any atom is 0.410 e. The number of carbonyl (C=O) groups is 2. The van der Waals surface area contributed by atoms with Crippen LogP contribution in [-0.4, -0.2) is 39.4 Å². The molecule has 1 amide bonds. The molecule has 0 radical (unpaired) electrons. The molecule has 0 saturated carbocycles. The highest BCUT2D eigenvalue weighted by Crippen LogP contribution is 2.39. The van der Waals surface area contributed by atoms with Gasteiger partial charge in [0, 0.05) is 35.5 Å². The van der Waals surface area contributed by atoms with E-state index in [4.69, 9.17) is 4.74 Å². The number of fused-ring (bicyclic) bond motifs is 2. The Morgan fingerprint density at radius 2 is 1.84 bits per heavy atom. The van der Waals surface area contributed by atoms with Gasteiger partial charge in [0.05, 0.1) is 0 Å². The van der Waals surface area contributed by atoms with E-state index in [1.165, 1.54) is 0 Å². The molecule has 3 rings (SSSR count). The highest BCUT2D eigenvalue weighted by atomic mass is 16.6. The molecular weight excluding hydrogens is 316 g/mol. The number of rotatable bonds is 2. The Balaban J connectivity index is 1.76. The number of pyridine rings is 1. The quantitative estimate of drug-likeness (QED) is 0.757. The number of ether oxygens (including phenoxy) is 1. The van der Waals surface area contributed by atoms with Crippen LogP contribution in [-0.2, 0) is 4.74 Å². The lowest BCUT2D eigenvalue weighted by Crippen LogP contribution is -2.56. The largest absolute Gasteiger partial charge is 0.444 e. The van der Waals surface area contributed by atoms with Crippen LogP contribution in [0.1, 0.15) is 68.9 Å². The lowest BCUT2D eigenvalue weighted by atomic mass is 9.75. The van der Waals surface area contributed by atoms with Gasteiger partial charge in [-0.25, -0.2) is 4.79 Å². The third kappa shape index (κ3) is 3.86. The molecule has 2 saturated heterocycles. The zero-order chi connectivity index (χ0) is 18.2. The van der Waals surface area contributed by atoms with Gasteiger partial charge in [-0.15, -0.1) is 0 Å². The number of ketones is 1. The normalized spacial score (nSPS) is 26.2. The molecule has 0 spiro atoms. The van der Waals surface area contributed by atoms with E-state index >= 15 is 0 Å². The molecule has 2 bridgehead atoms. The standard InChI is InChI=1S/C20H28N2O3/c1-13-17(9-6-10-21-13)18(23)14-11-15-7-5-8-16(12-14)22(15)19(24)25-20(2,3)4/h6,9-10,14-16H,5,7-8,11-12H2,1-4H3. The maximum atomic E-state index is 13.0. The topological polar surface area (TPSA) is 59.5 Å². The SMILES string of the molecule is Cc1ncccc1C(=O)C1CC2CCCC(C1)N2C(=O)OC(C)(C)C. The Kier molecular flexibility index (Phi) is 4.85. The molecule has 5 heteroatoms. The molecule has 0 aromatic carbocycles. The lowest BCUT2D eigenvalue weighted by Gasteiger charge is -2.48. The van der Waals surface area contributed by atoms with Crippen LogP contribution >= 0.6 is 0 Å². The molecule has 1 aromatic heterocycles. The van der Waals surface area contributed by atoms with E-state index in [0.717, 1.165) is 43.4 Å². The number of hydrogen-bond acceptors (Lipinski definition) is 4. The van der Waals surface area contributed by atoms with Crippen molar-refractivity contribution in [2.75, 3.05) is 0 Å². The van der Waals surface area contributed by atoms with E-state index in [1.54, 1.807) is 6.20 Å². The van der Waals surface area contributed by atoms with E-state index in [0.29, 0.717) is 0 Å². The van der Waals surface area contributed by atoms with Crippen LogP contribution in [0, 0.1) is 12.8 Å². The number of aromatic nitrogens is 1. The van der Waals surface area contributed by atoms with Gasteiger partial charge in [-0.1, -0.05) is 0 Å². The summed E-state index contributed by atoms with van der Waals surface area (Å²) in [5.74, 6) is 0.142. The Hall–Kier alpha value is -1.91. The molecule has 5 nitrogen and oxygen atoms in total. The van der Waals surface area contributed by atoms with Gasteiger partial charge >= 0.3 is 6.09 Å². The van der Waals surface area contributed by atoms with Gasteiger partial charge in [0.15, 0.2) is 5.78 Å². The molecule has 3 heterocycles. The summed E-state index contributed by atoms with van der Waals surface area (Å²) in [6.07, 6.45) is 5.95. The molecule has 2 aliphatic heterocycles.